The fraction of sp³-hybridized carbons (Fsp3) is 0.350. The van der Waals surface area contributed by atoms with Crippen LogP contribution in [-0.4, -0.2) is 27.5 Å². The number of carbonyl (C=O) groups excluding carboxylic acids is 1. The summed E-state index contributed by atoms with van der Waals surface area (Å²) in [5.41, 5.74) is 0.789. The van der Waals surface area contributed by atoms with Crippen LogP contribution in [0.1, 0.15) is 42.5 Å². The summed E-state index contributed by atoms with van der Waals surface area (Å²) in [6.07, 6.45) is 5.47. The highest BCUT2D eigenvalue weighted by molar-refractivity contribution is 7.92. The van der Waals surface area contributed by atoms with Crippen LogP contribution in [0.4, 0.5) is 5.69 Å². The minimum absolute atomic E-state index is 0.125. The summed E-state index contributed by atoms with van der Waals surface area (Å²) < 4.78 is 32.7. The predicted octanol–water partition coefficient (Wildman–Crippen LogP) is 3.56. The predicted molar refractivity (Wildman–Crippen MR) is 105 cm³/mol. The minimum Gasteiger partial charge on any atom is -0.497 e. The van der Waals surface area contributed by atoms with Crippen LogP contribution >= 0.6 is 0 Å². The number of sulfonamides is 1. The van der Waals surface area contributed by atoms with E-state index in [0.717, 1.165) is 25.7 Å². The zero-order chi connectivity index (χ0) is 19.3. The molecule has 144 valence electrons. The van der Waals surface area contributed by atoms with Crippen LogP contribution in [0.5, 0.6) is 5.75 Å². The van der Waals surface area contributed by atoms with E-state index in [-0.39, 0.29) is 16.8 Å². The molecule has 0 radical (unpaired) electrons. The van der Waals surface area contributed by atoms with Crippen molar-refractivity contribution in [3.63, 3.8) is 0 Å². The van der Waals surface area contributed by atoms with E-state index in [9.17, 15) is 13.2 Å². The molecule has 0 aliphatic heterocycles. The summed E-state index contributed by atoms with van der Waals surface area (Å²) in [7, 11) is -2.23. The zero-order valence-electron chi connectivity index (χ0n) is 15.3. The first-order chi connectivity index (χ1) is 13.0. The number of methoxy groups -OCH3 is 1. The van der Waals surface area contributed by atoms with Crippen LogP contribution in [0, 0.1) is 0 Å². The Morgan fingerprint density at radius 2 is 1.74 bits per heavy atom. The number of nitrogens with one attached hydrogen (secondary N) is 2. The van der Waals surface area contributed by atoms with Gasteiger partial charge in [-0.3, -0.25) is 9.52 Å². The van der Waals surface area contributed by atoms with Gasteiger partial charge in [0.1, 0.15) is 5.75 Å². The fourth-order valence-electron chi connectivity index (χ4n) is 3.21. The van der Waals surface area contributed by atoms with E-state index in [2.05, 4.69) is 10.0 Å². The fourth-order valence-corrected chi connectivity index (χ4v) is 4.26. The number of amides is 1. The molecule has 0 saturated heterocycles. The molecule has 27 heavy (non-hydrogen) atoms. The summed E-state index contributed by atoms with van der Waals surface area (Å²) in [5.74, 6) is 0.405. The summed E-state index contributed by atoms with van der Waals surface area (Å²) >= 11 is 0. The molecule has 2 aromatic carbocycles. The van der Waals surface area contributed by atoms with E-state index in [1.54, 1.807) is 36.4 Å². The normalized spacial score (nSPS) is 15.1. The highest BCUT2D eigenvalue weighted by atomic mass is 32.2. The molecule has 7 heteroatoms. The maximum absolute atomic E-state index is 12.5. The lowest BCUT2D eigenvalue weighted by molar-refractivity contribution is 0.0927. The molecule has 6 nitrogen and oxygen atoms in total. The third-order valence-corrected chi connectivity index (χ3v) is 6.08. The van der Waals surface area contributed by atoms with Gasteiger partial charge in [-0.15, -0.1) is 0 Å². The molecule has 2 N–H and O–H groups in total. The average molecular weight is 388 g/mol. The number of carbonyl (C=O) groups is 1. The molecule has 0 aromatic heterocycles. The Kier molecular flexibility index (Phi) is 6.01. The number of benzene rings is 2. The second-order valence-electron chi connectivity index (χ2n) is 6.67. The molecule has 0 heterocycles. The molecule has 1 aliphatic carbocycles. The smallest absolute Gasteiger partial charge is 0.261 e. The second-order valence-corrected chi connectivity index (χ2v) is 8.35. The van der Waals surface area contributed by atoms with Crippen LogP contribution < -0.4 is 14.8 Å². The molecule has 0 bridgehead atoms. The van der Waals surface area contributed by atoms with Crippen LogP contribution in [0.3, 0.4) is 0 Å². The molecule has 0 unspecified atom stereocenters. The van der Waals surface area contributed by atoms with Crippen LogP contribution in [-0.2, 0) is 10.0 Å². The molecule has 3 rings (SSSR count). The Morgan fingerprint density at radius 1 is 1.04 bits per heavy atom. The number of rotatable bonds is 6. The molecule has 1 amide bonds. The van der Waals surface area contributed by atoms with Crippen molar-refractivity contribution in [2.24, 2.45) is 0 Å². The minimum atomic E-state index is -3.75. The van der Waals surface area contributed by atoms with Crippen molar-refractivity contribution in [1.29, 1.82) is 0 Å². The maximum atomic E-state index is 12.5. The van der Waals surface area contributed by atoms with Gasteiger partial charge in [-0.25, -0.2) is 8.42 Å². The van der Waals surface area contributed by atoms with Crippen molar-refractivity contribution >= 4 is 21.6 Å². The molecule has 1 saturated carbocycles. The highest BCUT2D eigenvalue weighted by Gasteiger charge is 2.18. The van der Waals surface area contributed by atoms with E-state index in [1.807, 2.05) is 0 Å². The Morgan fingerprint density at radius 3 is 2.41 bits per heavy atom. The number of anilines is 1. The van der Waals surface area contributed by atoms with E-state index in [4.69, 9.17) is 4.74 Å². The van der Waals surface area contributed by atoms with Crippen LogP contribution in [0.25, 0.3) is 0 Å². The third kappa shape index (κ3) is 5.01. The molecular weight excluding hydrogens is 364 g/mol. The Balaban J connectivity index is 1.71. The molecule has 0 spiro atoms. The lowest BCUT2D eigenvalue weighted by atomic mass is 9.95. The van der Waals surface area contributed by atoms with Crippen molar-refractivity contribution in [3.8, 4) is 5.75 Å². The largest absolute Gasteiger partial charge is 0.497 e. The van der Waals surface area contributed by atoms with Gasteiger partial charge in [-0.05, 0) is 55.3 Å². The van der Waals surface area contributed by atoms with Gasteiger partial charge in [0.2, 0.25) is 0 Å². The second kappa shape index (κ2) is 8.43. The van der Waals surface area contributed by atoms with E-state index in [1.165, 1.54) is 25.7 Å². The van der Waals surface area contributed by atoms with Crippen molar-refractivity contribution in [3.05, 3.63) is 54.1 Å². The van der Waals surface area contributed by atoms with Gasteiger partial charge in [-0.1, -0.05) is 25.3 Å². The zero-order valence-corrected chi connectivity index (χ0v) is 16.1. The SMILES string of the molecule is COc1ccc(S(=O)(=O)Nc2cccc(C(=O)NC3CCCCC3)c2)cc1. The summed E-state index contributed by atoms with van der Waals surface area (Å²) in [5, 5.41) is 3.04. The van der Waals surface area contributed by atoms with Crippen LogP contribution in [0.2, 0.25) is 0 Å². The quantitative estimate of drug-likeness (QED) is 0.792. The molecule has 1 fully saturated rings. The first-order valence-electron chi connectivity index (χ1n) is 9.06. The van der Waals surface area contributed by atoms with Crippen molar-refractivity contribution < 1.29 is 17.9 Å². The van der Waals surface area contributed by atoms with Gasteiger partial charge in [0.05, 0.1) is 12.0 Å². The van der Waals surface area contributed by atoms with Gasteiger partial charge in [-0.2, -0.15) is 0 Å². The molecule has 0 atom stereocenters. The Bertz CT molecular complexity index is 888. The highest BCUT2D eigenvalue weighted by Crippen LogP contribution is 2.21. The first-order valence-corrected chi connectivity index (χ1v) is 10.5. The standard InChI is InChI=1S/C20H24N2O4S/c1-26-18-10-12-19(13-11-18)27(24,25)22-17-9-5-6-15(14-17)20(23)21-16-7-3-2-4-8-16/h5-6,9-14,16,22H,2-4,7-8H2,1H3,(H,21,23). The molecule has 1 aliphatic rings. The lowest BCUT2D eigenvalue weighted by Crippen LogP contribution is -2.36. The summed E-state index contributed by atoms with van der Waals surface area (Å²) in [6, 6.07) is 12.8. The van der Waals surface area contributed by atoms with Gasteiger partial charge in [0.25, 0.3) is 15.9 Å². The number of ether oxygens (including phenoxy) is 1. The number of hydrogen-bond donors (Lipinski definition) is 2. The monoisotopic (exact) mass is 388 g/mol. The van der Waals surface area contributed by atoms with Crippen molar-refractivity contribution in [2.75, 3.05) is 11.8 Å². The van der Waals surface area contributed by atoms with Gasteiger partial charge < -0.3 is 10.1 Å². The average Bonchev–Trinajstić information content (AvgIpc) is 2.68. The maximum Gasteiger partial charge on any atom is 0.261 e. The Labute approximate surface area is 160 Å². The van der Waals surface area contributed by atoms with Gasteiger partial charge >= 0.3 is 0 Å². The lowest BCUT2D eigenvalue weighted by Gasteiger charge is -2.22. The third-order valence-electron chi connectivity index (χ3n) is 4.69. The van der Waals surface area contributed by atoms with Crippen molar-refractivity contribution in [1.82, 2.24) is 5.32 Å². The molecule has 2 aromatic rings. The molecular formula is C20H24N2O4S. The van der Waals surface area contributed by atoms with Gasteiger partial charge in [0.15, 0.2) is 0 Å². The summed E-state index contributed by atoms with van der Waals surface area (Å²) in [6.45, 7) is 0. The van der Waals surface area contributed by atoms with Crippen molar-refractivity contribution in [2.45, 2.75) is 43.0 Å². The van der Waals surface area contributed by atoms with E-state index < -0.39 is 10.0 Å². The first kappa shape index (κ1) is 19.2. The topological polar surface area (TPSA) is 84.5 Å². The summed E-state index contributed by atoms with van der Waals surface area (Å²) in [4.78, 5) is 12.6. The van der Waals surface area contributed by atoms with E-state index in [0.29, 0.717) is 17.0 Å². The van der Waals surface area contributed by atoms with E-state index >= 15 is 0 Å². The van der Waals surface area contributed by atoms with Gasteiger partial charge in [0, 0.05) is 17.3 Å². The number of hydrogen-bond acceptors (Lipinski definition) is 4. The Hall–Kier alpha value is -2.54. The van der Waals surface area contributed by atoms with Crippen LogP contribution in [0.15, 0.2) is 53.4 Å².